The second kappa shape index (κ2) is 2.84. The standard InChI is InChI=1S/C6H11NO3/c1-5-6(9-3-7-1)2-8-4-10-5/h5-7H,1-4H2/t5-,6-/m0/s1. The molecule has 0 aromatic heterocycles. The molecule has 2 aliphatic rings. The van der Waals surface area contributed by atoms with E-state index in [0.717, 1.165) is 6.54 Å². The molecule has 4 nitrogen and oxygen atoms in total. The predicted molar refractivity (Wildman–Crippen MR) is 33.4 cm³/mol. The summed E-state index contributed by atoms with van der Waals surface area (Å²) in [5.74, 6) is 0. The van der Waals surface area contributed by atoms with Gasteiger partial charge in [0.25, 0.3) is 0 Å². The van der Waals surface area contributed by atoms with Crippen LogP contribution >= 0.6 is 0 Å². The van der Waals surface area contributed by atoms with Gasteiger partial charge >= 0.3 is 0 Å². The molecule has 2 heterocycles. The van der Waals surface area contributed by atoms with E-state index in [9.17, 15) is 0 Å². The van der Waals surface area contributed by atoms with Crippen LogP contribution in [0.25, 0.3) is 0 Å². The van der Waals surface area contributed by atoms with Crippen LogP contribution in [0, 0.1) is 0 Å². The van der Waals surface area contributed by atoms with E-state index < -0.39 is 0 Å². The summed E-state index contributed by atoms with van der Waals surface area (Å²) in [6, 6.07) is 0. The zero-order chi connectivity index (χ0) is 6.81. The highest BCUT2D eigenvalue weighted by Gasteiger charge is 2.29. The summed E-state index contributed by atoms with van der Waals surface area (Å²) in [5, 5.41) is 3.08. The van der Waals surface area contributed by atoms with Gasteiger partial charge in [-0.3, -0.25) is 5.32 Å². The number of rotatable bonds is 0. The highest BCUT2D eigenvalue weighted by Crippen LogP contribution is 2.12. The van der Waals surface area contributed by atoms with Crippen molar-refractivity contribution in [2.45, 2.75) is 12.2 Å². The third-order valence-corrected chi connectivity index (χ3v) is 1.81. The third kappa shape index (κ3) is 1.15. The summed E-state index contributed by atoms with van der Waals surface area (Å²) in [6.07, 6.45) is 0.345. The van der Waals surface area contributed by atoms with Gasteiger partial charge in [-0.15, -0.1) is 0 Å². The average molecular weight is 145 g/mol. The van der Waals surface area contributed by atoms with Gasteiger partial charge in [0.1, 0.15) is 19.0 Å². The first-order chi connectivity index (χ1) is 4.97. The van der Waals surface area contributed by atoms with Crippen LogP contribution in [-0.4, -0.2) is 38.9 Å². The molecular formula is C6H11NO3. The van der Waals surface area contributed by atoms with Crippen LogP contribution in [0.15, 0.2) is 0 Å². The molecule has 0 aromatic carbocycles. The number of hydrogen-bond donors (Lipinski definition) is 1. The molecule has 2 aliphatic heterocycles. The first-order valence-corrected chi connectivity index (χ1v) is 3.48. The predicted octanol–water partition coefficient (Wildman–Crippen LogP) is -0.695. The maximum Gasteiger partial charge on any atom is 0.147 e. The zero-order valence-corrected chi connectivity index (χ0v) is 5.71. The van der Waals surface area contributed by atoms with Crippen molar-refractivity contribution in [3.8, 4) is 0 Å². The molecule has 2 rings (SSSR count). The Hall–Kier alpha value is -0.160. The number of fused-ring (bicyclic) bond motifs is 1. The molecule has 0 saturated carbocycles. The highest BCUT2D eigenvalue weighted by molar-refractivity contribution is 4.77. The fraction of sp³-hybridized carbons (Fsp3) is 1.00. The zero-order valence-electron chi connectivity index (χ0n) is 5.71. The largest absolute Gasteiger partial charge is 0.358 e. The van der Waals surface area contributed by atoms with Gasteiger partial charge in [-0.2, -0.15) is 0 Å². The average Bonchev–Trinajstić information content (AvgIpc) is 2.05. The van der Waals surface area contributed by atoms with Gasteiger partial charge in [0, 0.05) is 6.54 Å². The molecule has 0 aliphatic carbocycles. The highest BCUT2D eigenvalue weighted by atomic mass is 16.7. The van der Waals surface area contributed by atoms with Gasteiger partial charge in [-0.25, -0.2) is 0 Å². The summed E-state index contributed by atoms with van der Waals surface area (Å²) >= 11 is 0. The molecule has 0 radical (unpaired) electrons. The van der Waals surface area contributed by atoms with Gasteiger partial charge < -0.3 is 14.2 Å². The van der Waals surface area contributed by atoms with Crippen molar-refractivity contribution in [2.75, 3.05) is 26.7 Å². The van der Waals surface area contributed by atoms with E-state index >= 15 is 0 Å². The molecule has 2 fully saturated rings. The Morgan fingerprint density at radius 3 is 3.10 bits per heavy atom. The number of ether oxygens (including phenoxy) is 3. The van der Waals surface area contributed by atoms with Gasteiger partial charge in [-0.05, 0) is 0 Å². The Morgan fingerprint density at radius 2 is 2.20 bits per heavy atom. The normalized spacial score (nSPS) is 40.8. The Labute approximate surface area is 59.4 Å². The minimum absolute atomic E-state index is 0.148. The molecule has 0 spiro atoms. The lowest BCUT2D eigenvalue weighted by molar-refractivity contribution is -0.222. The number of hydrogen-bond acceptors (Lipinski definition) is 4. The van der Waals surface area contributed by atoms with Crippen LogP contribution < -0.4 is 5.32 Å². The lowest BCUT2D eigenvalue weighted by atomic mass is 10.2. The lowest BCUT2D eigenvalue weighted by Gasteiger charge is -2.35. The van der Waals surface area contributed by atoms with E-state index in [1.807, 2.05) is 0 Å². The molecule has 4 heteroatoms. The SMILES string of the molecule is C1NC[C@@H]2OCOC[C@@H]2O1. The summed E-state index contributed by atoms with van der Waals surface area (Å²) in [5.41, 5.74) is 0. The van der Waals surface area contributed by atoms with Crippen LogP contribution in [0.3, 0.4) is 0 Å². The van der Waals surface area contributed by atoms with Gasteiger partial charge in [-0.1, -0.05) is 0 Å². The monoisotopic (exact) mass is 145 g/mol. The Morgan fingerprint density at radius 1 is 1.20 bits per heavy atom. The maximum absolute atomic E-state index is 5.32. The fourth-order valence-electron chi connectivity index (χ4n) is 1.23. The van der Waals surface area contributed by atoms with E-state index in [4.69, 9.17) is 14.2 Å². The minimum Gasteiger partial charge on any atom is -0.358 e. The fourth-order valence-corrected chi connectivity index (χ4v) is 1.23. The topological polar surface area (TPSA) is 39.7 Å². The van der Waals surface area contributed by atoms with Crippen molar-refractivity contribution in [2.24, 2.45) is 0 Å². The lowest BCUT2D eigenvalue weighted by Crippen LogP contribution is -2.52. The van der Waals surface area contributed by atoms with Crippen molar-refractivity contribution in [3.05, 3.63) is 0 Å². The quantitative estimate of drug-likeness (QED) is 0.489. The van der Waals surface area contributed by atoms with Crippen molar-refractivity contribution < 1.29 is 14.2 Å². The summed E-state index contributed by atoms with van der Waals surface area (Å²) in [6.45, 7) is 2.58. The summed E-state index contributed by atoms with van der Waals surface area (Å²) in [7, 11) is 0. The molecule has 0 unspecified atom stereocenters. The van der Waals surface area contributed by atoms with Crippen LogP contribution in [-0.2, 0) is 14.2 Å². The van der Waals surface area contributed by atoms with E-state index in [1.54, 1.807) is 0 Å². The van der Waals surface area contributed by atoms with E-state index in [2.05, 4.69) is 5.32 Å². The summed E-state index contributed by atoms with van der Waals surface area (Å²) in [4.78, 5) is 0. The molecule has 2 saturated heterocycles. The van der Waals surface area contributed by atoms with Crippen LogP contribution in [0.1, 0.15) is 0 Å². The Balaban J connectivity index is 1.93. The van der Waals surface area contributed by atoms with Crippen LogP contribution in [0.2, 0.25) is 0 Å². The third-order valence-electron chi connectivity index (χ3n) is 1.81. The van der Waals surface area contributed by atoms with Gasteiger partial charge in [0.15, 0.2) is 0 Å². The smallest absolute Gasteiger partial charge is 0.147 e. The molecule has 0 bridgehead atoms. The second-order valence-corrected chi connectivity index (χ2v) is 2.50. The van der Waals surface area contributed by atoms with Gasteiger partial charge in [0.2, 0.25) is 0 Å². The molecule has 0 amide bonds. The number of nitrogens with one attached hydrogen (secondary N) is 1. The molecule has 2 atom stereocenters. The van der Waals surface area contributed by atoms with E-state index in [1.165, 1.54) is 0 Å². The molecule has 58 valence electrons. The summed E-state index contributed by atoms with van der Waals surface area (Å²) < 4.78 is 15.7. The molecular weight excluding hydrogens is 134 g/mol. The Kier molecular flexibility index (Phi) is 1.86. The molecule has 1 N–H and O–H groups in total. The molecule has 0 aromatic rings. The van der Waals surface area contributed by atoms with Crippen LogP contribution in [0.5, 0.6) is 0 Å². The van der Waals surface area contributed by atoms with Crippen molar-refractivity contribution in [1.29, 1.82) is 0 Å². The van der Waals surface area contributed by atoms with E-state index in [0.29, 0.717) is 20.1 Å². The second-order valence-electron chi connectivity index (χ2n) is 2.50. The first kappa shape index (κ1) is 6.54. The molecule has 10 heavy (non-hydrogen) atoms. The van der Waals surface area contributed by atoms with Crippen molar-refractivity contribution >= 4 is 0 Å². The Bertz CT molecular complexity index is 93.6. The van der Waals surface area contributed by atoms with Crippen molar-refractivity contribution in [3.63, 3.8) is 0 Å². The van der Waals surface area contributed by atoms with Gasteiger partial charge in [0.05, 0.1) is 13.3 Å². The van der Waals surface area contributed by atoms with E-state index in [-0.39, 0.29) is 12.2 Å². The first-order valence-electron chi connectivity index (χ1n) is 3.48. The van der Waals surface area contributed by atoms with Crippen molar-refractivity contribution in [1.82, 2.24) is 5.32 Å². The minimum atomic E-state index is 0.148. The maximum atomic E-state index is 5.32. The van der Waals surface area contributed by atoms with Crippen LogP contribution in [0.4, 0.5) is 0 Å².